The van der Waals surface area contributed by atoms with Crippen LogP contribution >= 0.6 is 11.6 Å². The average Bonchev–Trinajstić information content (AvgIpc) is 2.86. The summed E-state index contributed by atoms with van der Waals surface area (Å²) in [5, 5.41) is 7.51. The lowest BCUT2D eigenvalue weighted by Crippen LogP contribution is -2.25. The van der Waals surface area contributed by atoms with E-state index in [1.54, 1.807) is 16.9 Å². The molecule has 0 atom stereocenters. The lowest BCUT2D eigenvalue weighted by Gasteiger charge is -2.10. The number of pyridine rings is 1. The van der Waals surface area contributed by atoms with Crippen LogP contribution in [0.4, 0.5) is 0 Å². The van der Waals surface area contributed by atoms with Crippen LogP contribution < -0.4 is 5.32 Å². The van der Waals surface area contributed by atoms with Crippen molar-refractivity contribution in [3.05, 3.63) is 34.4 Å². The van der Waals surface area contributed by atoms with Crippen molar-refractivity contribution >= 4 is 17.5 Å². The van der Waals surface area contributed by atoms with Crippen molar-refractivity contribution in [1.82, 2.24) is 20.1 Å². The third kappa shape index (κ3) is 3.91. The van der Waals surface area contributed by atoms with Crippen LogP contribution in [0, 0.1) is 13.8 Å². The highest BCUT2D eigenvalue weighted by Gasteiger charge is 2.17. The van der Waals surface area contributed by atoms with Crippen molar-refractivity contribution in [2.75, 3.05) is 6.54 Å². The van der Waals surface area contributed by atoms with E-state index in [9.17, 15) is 4.79 Å². The second-order valence-corrected chi connectivity index (χ2v) is 6.06. The molecule has 0 aromatic carbocycles. The van der Waals surface area contributed by atoms with E-state index in [0.717, 1.165) is 41.6 Å². The molecule has 0 aliphatic heterocycles. The van der Waals surface area contributed by atoms with E-state index in [-0.39, 0.29) is 5.91 Å². The quantitative estimate of drug-likeness (QED) is 0.647. The number of carbonyl (C=O) groups excluding carboxylic acids is 1. The van der Waals surface area contributed by atoms with Crippen molar-refractivity contribution < 1.29 is 4.79 Å². The summed E-state index contributed by atoms with van der Waals surface area (Å²) in [4.78, 5) is 16.5. The van der Waals surface area contributed by atoms with Crippen LogP contribution in [-0.4, -0.2) is 27.2 Å². The largest absolute Gasteiger partial charge is 0.351 e. The van der Waals surface area contributed by atoms with Gasteiger partial charge in [-0.3, -0.25) is 9.48 Å². The number of nitrogens with one attached hydrogen (secondary N) is 1. The van der Waals surface area contributed by atoms with Gasteiger partial charge in [0.1, 0.15) is 10.8 Å². The summed E-state index contributed by atoms with van der Waals surface area (Å²) >= 11 is 6.24. The van der Waals surface area contributed by atoms with Gasteiger partial charge in [-0.05, 0) is 37.5 Å². The average molecular weight is 335 g/mol. The summed E-state index contributed by atoms with van der Waals surface area (Å²) in [5.41, 5.74) is 4.08. The fourth-order valence-corrected chi connectivity index (χ4v) is 2.60. The second-order valence-electron chi connectivity index (χ2n) is 5.70. The first-order valence-corrected chi connectivity index (χ1v) is 8.27. The summed E-state index contributed by atoms with van der Waals surface area (Å²) in [5.74, 6) is -0.189. The molecule has 2 aromatic rings. The first-order chi connectivity index (χ1) is 11.0. The van der Waals surface area contributed by atoms with Gasteiger partial charge in [0.05, 0.1) is 6.20 Å². The standard InChI is InChI=1S/C17H23ClN4O/c1-5-6-7-8-19-17(23)15-9-13(11(2)16(18)21-15)14-10-20-22(4)12(14)3/h9-10H,5-8H2,1-4H3,(H,19,23). The molecule has 0 spiro atoms. The molecular formula is C17H23ClN4O. The predicted molar refractivity (Wildman–Crippen MR) is 92.8 cm³/mol. The number of aromatic nitrogens is 3. The Hall–Kier alpha value is -1.88. The van der Waals surface area contributed by atoms with Crippen LogP contribution in [0.15, 0.2) is 12.3 Å². The molecule has 2 rings (SSSR count). The number of carbonyl (C=O) groups is 1. The zero-order chi connectivity index (χ0) is 17.0. The zero-order valence-electron chi connectivity index (χ0n) is 14.1. The molecule has 0 radical (unpaired) electrons. The molecule has 1 N–H and O–H groups in total. The number of rotatable bonds is 6. The maximum atomic E-state index is 12.3. The predicted octanol–water partition coefficient (Wildman–Crippen LogP) is 3.67. The molecule has 2 heterocycles. The number of hydrogen-bond donors (Lipinski definition) is 1. The Morgan fingerprint density at radius 1 is 1.30 bits per heavy atom. The molecule has 23 heavy (non-hydrogen) atoms. The van der Waals surface area contributed by atoms with Gasteiger partial charge in [-0.15, -0.1) is 0 Å². The topological polar surface area (TPSA) is 59.8 Å². The van der Waals surface area contributed by atoms with Crippen LogP contribution in [0.2, 0.25) is 5.15 Å². The normalized spacial score (nSPS) is 10.8. The molecule has 1 amide bonds. The Labute approximate surface area is 142 Å². The van der Waals surface area contributed by atoms with Crippen molar-refractivity contribution in [1.29, 1.82) is 0 Å². The van der Waals surface area contributed by atoms with Crippen molar-refractivity contribution in [3.63, 3.8) is 0 Å². The van der Waals surface area contributed by atoms with Crippen LogP contribution in [0.3, 0.4) is 0 Å². The van der Waals surface area contributed by atoms with Gasteiger partial charge < -0.3 is 5.32 Å². The number of aryl methyl sites for hydroxylation is 1. The van der Waals surface area contributed by atoms with Gasteiger partial charge in [0.2, 0.25) is 0 Å². The first kappa shape index (κ1) is 17.5. The number of nitrogens with zero attached hydrogens (tertiary/aromatic N) is 3. The minimum Gasteiger partial charge on any atom is -0.351 e. The van der Waals surface area contributed by atoms with E-state index in [2.05, 4.69) is 22.3 Å². The number of halogens is 1. The monoisotopic (exact) mass is 334 g/mol. The number of unbranched alkanes of at least 4 members (excludes halogenated alkanes) is 2. The van der Waals surface area contributed by atoms with E-state index in [0.29, 0.717) is 17.4 Å². The number of hydrogen-bond acceptors (Lipinski definition) is 3. The molecule has 5 nitrogen and oxygen atoms in total. The third-order valence-electron chi connectivity index (χ3n) is 4.04. The minimum atomic E-state index is -0.189. The molecule has 0 saturated heterocycles. The lowest BCUT2D eigenvalue weighted by atomic mass is 10.0. The molecule has 0 bridgehead atoms. The van der Waals surface area contributed by atoms with Gasteiger partial charge in [0.25, 0.3) is 5.91 Å². The Bertz CT molecular complexity index is 709. The molecule has 6 heteroatoms. The summed E-state index contributed by atoms with van der Waals surface area (Å²) in [7, 11) is 1.89. The Morgan fingerprint density at radius 2 is 2.04 bits per heavy atom. The van der Waals surface area contributed by atoms with Gasteiger partial charge >= 0.3 is 0 Å². The minimum absolute atomic E-state index is 0.189. The maximum Gasteiger partial charge on any atom is 0.269 e. The van der Waals surface area contributed by atoms with E-state index < -0.39 is 0 Å². The summed E-state index contributed by atoms with van der Waals surface area (Å²) in [6.07, 6.45) is 4.98. The molecule has 0 fully saturated rings. The Kier molecular flexibility index (Phi) is 5.77. The lowest BCUT2D eigenvalue weighted by molar-refractivity contribution is 0.0948. The number of amides is 1. The SMILES string of the molecule is CCCCCNC(=O)c1cc(-c2cnn(C)c2C)c(C)c(Cl)n1. The van der Waals surface area contributed by atoms with Crippen LogP contribution in [0.1, 0.15) is 47.9 Å². The summed E-state index contributed by atoms with van der Waals surface area (Å²) < 4.78 is 1.80. The fraction of sp³-hybridized carbons (Fsp3) is 0.471. The maximum absolute atomic E-state index is 12.3. The highest BCUT2D eigenvalue weighted by molar-refractivity contribution is 6.30. The van der Waals surface area contributed by atoms with Gasteiger partial charge in [-0.25, -0.2) is 4.98 Å². The van der Waals surface area contributed by atoms with E-state index in [4.69, 9.17) is 11.6 Å². The van der Waals surface area contributed by atoms with Gasteiger partial charge in [-0.1, -0.05) is 31.4 Å². The van der Waals surface area contributed by atoms with E-state index in [1.165, 1.54) is 0 Å². The Morgan fingerprint density at radius 3 is 2.65 bits per heavy atom. The smallest absolute Gasteiger partial charge is 0.269 e. The van der Waals surface area contributed by atoms with Crippen LogP contribution in [0.25, 0.3) is 11.1 Å². The van der Waals surface area contributed by atoms with E-state index in [1.807, 2.05) is 20.9 Å². The van der Waals surface area contributed by atoms with Crippen LogP contribution in [0.5, 0.6) is 0 Å². The van der Waals surface area contributed by atoms with Gasteiger partial charge in [-0.2, -0.15) is 5.10 Å². The Balaban J connectivity index is 2.29. The highest BCUT2D eigenvalue weighted by Crippen LogP contribution is 2.30. The molecule has 2 aromatic heterocycles. The molecule has 0 saturated carbocycles. The molecule has 0 aliphatic carbocycles. The molecule has 0 unspecified atom stereocenters. The van der Waals surface area contributed by atoms with Gasteiger partial charge in [0, 0.05) is 24.8 Å². The van der Waals surface area contributed by atoms with Crippen molar-refractivity contribution in [2.45, 2.75) is 40.0 Å². The van der Waals surface area contributed by atoms with Gasteiger partial charge in [0.15, 0.2) is 0 Å². The van der Waals surface area contributed by atoms with Crippen molar-refractivity contribution in [2.24, 2.45) is 7.05 Å². The summed E-state index contributed by atoms with van der Waals surface area (Å²) in [6, 6.07) is 1.79. The molecular weight excluding hydrogens is 312 g/mol. The second kappa shape index (κ2) is 7.59. The fourth-order valence-electron chi connectivity index (χ4n) is 2.40. The van der Waals surface area contributed by atoms with E-state index >= 15 is 0 Å². The third-order valence-corrected chi connectivity index (χ3v) is 4.41. The summed E-state index contributed by atoms with van der Waals surface area (Å²) in [6.45, 7) is 6.67. The first-order valence-electron chi connectivity index (χ1n) is 7.90. The highest BCUT2D eigenvalue weighted by atomic mass is 35.5. The zero-order valence-corrected chi connectivity index (χ0v) is 14.9. The molecule has 124 valence electrons. The van der Waals surface area contributed by atoms with Crippen molar-refractivity contribution in [3.8, 4) is 11.1 Å². The van der Waals surface area contributed by atoms with Crippen LogP contribution in [-0.2, 0) is 7.05 Å². The molecule has 0 aliphatic rings.